The molecule has 11 nitrogen and oxygen atoms in total. The van der Waals surface area contributed by atoms with Gasteiger partial charge in [0.25, 0.3) is 0 Å². The van der Waals surface area contributed by atoms with Crippen molar-refractivity contribution in [3.63, 3.8) is 0 Å². The summed E-state index contributed by atoms with van der Waals surface area (Å²) in [5, 5.41) is 35.3. The third-order valence-corrected chi connectivity index (χ3v) is 5.19. The summed E-state index contributed by atoms with van der Waals surface area (Å²) in [4.78, 5) is 49.1. The van der Waals surface area contributed by atoms with Gasteiger partial charge in [-0.2, -0.15) is 0 Å². The third-order valence-electron chi connectivity index (χ3n) is 5.19. The maximum absolute atomic E-state index is 12.8. The van der Waals surface area contributed by atoms with Crippen molar-refractivity contribution in [1.29, 1.82) is 0 Å². The highest BCUT2D eigenvalue weighted by Crippen LogP contribution is 2.12. The summed E-state index contributed by atoms with van der Waals surface area (Å²) < 4.78 is 0. The lowest BCUT2D eigenvalue weighted by molar-refractivity contribution is -0.141. The predicted molar refractivity (Wildman–Crippen MR) is 126 cm³/mol. The zero-order chi connectivity index (χ0) is 26.0. The van der Waals surface area contributed by atoms with Gasteiger partial charge in [0.15, 0.2) is 0 Å². The minimum absolute atomic E-state index is 0.00758. The minimum atomic E-state index is -1.39. The summed E-state index contributed by atoms with van der Waals surface area (Å²) >= 11 is 0. The molecular formula is C24H30N4O7. The Bertz CT molecular complexity index is 1010. The molecule has 0 aliphatic carbocycles. The summed E-state index contributed by atoms with van der Waals surface area (Å²) in [7, 11) is 0. The van der Waals surface area contributed by atoms with Crippen LogP contribution in [0.25, 0.3) is 0 Å². The van der Waals surface area contributed by atoms with E-state index in [1.807, 2.05) is 6.07 Å². The quantitative estimate of drug-likeness (QED) is 0.200. The van der Waals surface area contributed by atoms with Crippen LogP contribution in [0.15, 0.2) is 54.6 Å². The number of aliphatic carboxylic acids is 1. The molecule has 35 heavy (non-hydrogen) atoms. The number of carboxylic acids is 1. The Balaban J connectivity index is 2.09. The lowest BCUT2D eigenvalue weighted by Crippen LogP contribution is -2.58. The lowest BCUT2D eigenvalue weighted by Gasteiger charge is -2.24. The van der Waals surface area contributed by atoms with Crippen molar-refractivity contribution >= 4 is 23.7 Å². The summed E-state index contributed by atoms with van der Waals surface area (Å²) in [6.07, 6.45) is 0.176. The van der Waals surface area contributed by atoms with Gasteiger partial charge in [-0.15, -0.1) is 0 Å². The average molecular weight is 487 g/mol. The maximum Gasteiger partial charge on any atom is 0.325 e. The molecule has 2 rings (SSSR count). The second kappa shape index (κ2) is 13.1. The summed E-state index contributed by atoms with van der Waals surface area (Å²) in [5.41, 5.74) is 7.32. The van der Waals surface area contributed by atoms with Crippen LogP contribution in [0.2, 0.25) is 0 Å². The number of phenolic OH excluding ortho intramolecular Hbond substituents is 1. The molecule has 0 aliphatic rings. The van der Waals surface area contributed by atoms with Gasteiger partial charge >= 0.3 is 5.97 Å². The number of carboxylic acid groups (broad SMARTS) is 1. The van der Waals surface area contributed by atoms with Crippen molar-refractivity contribution in [3.05, 3.63) is 65.7 Å². The fourth-order valence-electron chi connectivity index (χ4n) is 3.16. The number of phenols is 1. The molecule has 0 fully saturated rings. The molecule has 0 aliphatic heterocycles. The molecule has 8 N–H and O–H groups in total. The van der Waals surface area contributed by atoms with Crippen molar-refractivity contribution < 1.29 is 34.5 Å². The fraction of sp³-hybridized carbons (Fsp3) is 0.333. The molecule has 0 bridgehead atoms. The Morgan fingerprint density at radius 1 is 0.800 bits per heavy atom. The minimum Gasteiger partial charge on any atom is -0.508 e. The van der Waals surface area contributed by atoms with Gasteiger partial charge in [0.1, 0.15) is 23.9 Å². The normalized spacial score (nSPS) is 14.1. The van der Waals surface area contributed by atoms with Gasteiger partial charge in [-0.1, -0.05) is 42.5 Å². The van der Waals surface area contributed by atoms with E-state index in [9.17, 15) is 29.4 Å². The number of nitrogens with one attached hydrogen (secondary N) is 3. The van der Waals surface area contributed by atoms with E-state index in [1.165, 1.54) is 31.2 Å². The van der Waals surface area contributed by atoms with E-state index in [0.29, 0.717) is 5.56 Å². The Labute approximate surface area is 202 Å². The van der Waals surface area contributed by atoms with Crippen molar-refractivity contribution in [2.45, 2.75) is 43.9 Å². The van der Waals surface area contributed by atoms with Gasteiger partial charge < -0.3 is 37.0 Å². The molecule has 3 amide bonds. The van der Waals surface area contributed by atoms with E-state index < -0.39 is 54.5 Å². The molecule has 0 radical (unpaired) electrons. The van der Waals surface area contributed by atoms with Crippen molar-refractivity contribution in [3.8, 4) is 5.75 Å². The first kappa shape index (κ1) is 27.3. The van der Waals surface area contributed by atoms with Crippen LogP contribution < -0.4 is 21.7 Å². The number of benzene rings is 2. The molecule has 188 valence electrons. The molecule has 4 atom stereocenters. The summed E-state index contributed by atoms with van der Waals surface area (Å²) in [5.74, 6) is -3.55. The number of amides is 3. The van der Waals surface area contributed by atoms with Crippen molar-refractivity contribution in [2.24, 2.45) is 5.73 Å². The first-order chi connectivity index (χ1) is 16.6. The summed E-state index contributed by atoms with van der Waals surface area (Å²) in [6, 6.07) is 10.1. The van der Waals surface area contributed by atoms with Crippen molar-refractivity contribution in [1.82, 2.24) is 16.0 Å². The molecule has 0 unspecified atom stereocenters. The monoisotopic (exact) mass is 486 g/mol. The van der Waals surface area contributed by atoms with Crippen LogP contribution in [0.4, 0.5) is 0 Å². The molecule has 2 aromatic rings. The molecule has 11 heteroatoms. The number of carbonyl (C=O) groups is 4. The van der Waals surface area contributed by atoms with Gasteiger partial charge in [-0.05, 0) is 36.6 Å². The van der Waals surface area contributed by atoms with E-state index in [4.69, 9.17) is 10.8 Å². The zero-order valence-electron chi connectivity index (χ0n) is 19.2. The number of aliphatic hydroxyl groups excluding tert-OH is 1. The Morgan fingerprint density at radius 3 is 1.91 bits per heavy atom. The highest BCUT2D eigenvalue weighted by molar-refractivity contribution is 5.94. The number of hydrogen-bond donors (Lipinski definition) is 7. The smallest absolute Gasteiger partial charge is 0.325 e. The Hall–Kier alpha value is -3.96. The molecule has 0 aromatic heterocycles. The SMILES string of the molecule is C[C@H](NC(=O)[C@H](Cc1ccc(O)cc1)NC(=O)[C@H](CO)NC(=O)[C@@H](N)Cc1ccccc1)C(=O)O. The second-order valence-electron chi connectivity index (χ2n) is 8.04. The van der Waals surface area contributed by atoms with Crippen molar-refractivity contribution in [2.75, 3.05) is 6.61 Å². The number of carbonyl (C=O) groups excluding carboxylic acids is 3. The van der Waals surface area contributed by atoms with Crippen LogP contribution in [0.3, 0.4) is 0 Å². The first-order valence-electron chi connectivity index (χ1n) is 10.9. The van der Waals surface area contributed by atoms with Gasteiger partial charge in [0, 0.05) is 6.42 Å². The number of rotatable bonds is 12. The van der Waals surface area contributed by atoms with Crippen LogP contribution in [0, 0.1) is 0 Å². The van der Waals surface area contributed by atoms with E-state index in [2.05, 4.69) is 16.0 Å². The highest BCUT2D eigenvalue weighted by atomic mass is 16.4. The molecule has 0 spiro atoms. The maximum atomic E-state index is 12.8. The van der Waals surface area contributed by atoms with Crippen LogP contribution >= 0.6 is 0 Å². The fourth-order valence-corrected chi connectivity index (χ4v) is 3.16. The van der Waals surface area contributed by atoms with Crippen LogP contribution in [-0.2, 0) is 32.0 Å². The standard InChI is InChI=1S/C24H30N4O7/c1-14(24(34)35)26-22(32)19(12-16-7-9-17(30)10-8-16)27-23(33)20(13-29)28-21(31)18(25)11-15-5-3-2-4-6-15/h2-10,14,18-20,29-30H,11-13,25H2,1H3,(H,26,32)(H,27,33)(H,28,31)(H,34,35)/t14-,18-,19-,20-/m0/s1. The molecule has 2 aromatic carbocycles. The largest absolute Gasteiger partial charge is 0.508 e. The third kappa shape index (κ3) is 8.72. The van der Waals surface area contributed by atoms with Crippen LogP contribution in [-0.4, -0.2) is 69.8 Å². The number of aromatic hydroxyl groups is 1. The average Bonchev–Trinajstić information content (AvgIpc) is 2.83. The lowest BCUT2D eigenvalue weighted by atomic mass is 10.0. The van der Waals surface area contributed by atoms with Gasteiger partial charge in [-0.25, -0.2) is 0 Å². The first-order valence-corrected chi connectivity index (χ1v) is 10.9. The highest BCUT2D eigenvalue weighted by Gasteiger charge is 2.29. The number of aliphatic hydroxyl groups is 1. The van der Waals surface area contributed by atoms with Gasteiger partial charge in [-0.3, -0.25) is 19.2 Å². The van der Waals surface area contributed by atoms with Crippen LogP contribution in [0.1, 0.15) is 18.1 Å². The molecule has 0 saturated carbocycles. The number of hydrogen-bond acceptors (Lipinski definition) is 7. The van der Waals surface area contributed by atoms with Gasteiger partial charge in [0.2, 0.25) is 17.7 Å². The van der Waals surface area contributed by atoms with Crippen LogP contribution in [0.5, 0.6) is 5.75 Å². The Morgan fingerprint density at radius 2 is 1.34 bits per heavy atom. The predicted octanol–water partition coefficient (Wildman–Crippen LogP) is -0.944. The van der Waals surface area contributed by atoms with E-state index in [-0.39, 0.29) is 18.6 Å². The van der Waals surface area contributed by atoms with E-state index in [0.717, 1.165) is 5.56 Å². The zero-order valence-corrected chi connectivity index (χ0v) is 19.2. The summed E-state index contributed by atoms with van der Waals surface area (Å²) in [6.45, 7) is 0.513. The molecular weight excluding hydrogens is 456 g/mol. The Kier molecular flexibility index (Phi) is 10.2. The second-order valence-corrected chi connectivity index (χ2v) is 8.04. The topological polar surface area (TPSA) is 191 Å². The molecule has 0 saturated heterocycles. The number of nitrogens with two attached hydrogens (primary N) is 1. The molecule has 0 heterocycles. The van der Waals surface area contributed by atoms with Gasteiger partial charge in [0.05, 0.1) is 12.6 Å². The van der Waals surface area contributed by atoms with E-state index >= 15 is 0 Å². The van der Waals surface area contributed by atoms with E-state index in [1.54, 1.807) is 24.3 Å².